The third kappa shape index (κ3) is 5.20. The number of amides is 1. The average Bonchev–Trinajstić information content (AvgIpc) is 2.80. The van der Waals surface area contributed by atoms with E-state index in [4.69, 9.17) is 13.9 Å². The number of fused-ring (bicyclic) bond motifs is 1. The van der Waals surface area contributed by atoms with Crippen LogP contribution >= 0.6 is 0 Å². The number of ether oxygens (including phenoxy) is 2. The van der Waals surface area contributed by atoms with Gasteiger partial charge in [0.2, 0.25) is 6.41 Å². The molecule has 1 unspecified atom stereocenters. The van der Waals surface area contributed by atoms with Crippen molar-refractivity contribution < 1.29 is 18.7 Å². The SMILES string of the molecule is COc1ccc(C(c2c(C)oc3ccc(C)cc3c2=O)N(C=O)CCCN(C)C)cc1OC. The summed E-state index contributed by atoms with van der Waals surface area (Å²) < 4.78 is 16.9. The van der Waals surface area contributed by atoms with Gasteiger partial charge in [0.25, 0.3) is 0 Å². The monoisotopic (exact) mass is 452 g/mol. The predicted octanol–water partition coefficient (Wildman–Crippen LogP) is 3.93. The Morgan fingerprint density at radius 1 is 1.00 bits per heavy atom. The first kappa shape index (κ1) is 24.3. The molecular formula is C26H32N2O5. The van der Waals surface area contributed by atoms with Gasteiger partial charge in [-0.3, -0.25) is 9.59 Å². The van der Waals surface area contributed by atoms with E-state index in [2.05, 4.69) is 4.90 Å². The molecule has 0 aliphatic rings. The summed E-state index contributed by atoms with van der Waals surface area (Å²) in [5.41, 5.74) is 2.54. The van der Waals surface area contributed by atoms with Gasteiger partial charge in [0.05, 0.1) is 31.2 Å². The van der Waals surface area contributed by atoms with Crippen LogP contribution in [0.25, 0.3) is 11.0 Å². The van der Waals surface area contributed by atoms with Crippen LogP contribution < -0.4 is 14.9 Å². The molecule has 0 aliphatic carbocycles. The zero-order valence-electron chi connectivity index (χ0n) is 20.2. The molecule has 176 valence electrons. The maximum Gasteiger partial charge on any atom is 0.210 e. The zero-order valence-corrected chi connectivity index (χ0v) is 20.2. The molecule has 7 heteroatoms. The fourth-order valence-corrected chi connectivity index (χ4v) is 4.11. The Morgan fingerprint density at radius 3 is 2.36 bits per heavy atom. The molecule has 2 aromatic carbocycles. The van der Waals surface area contributed by atoms with Crippen LogP contribution in [-0.2, 0) is 4.79 Å². The molecule has 0 saturated heterocycles. The summed E-state index contributed by atoms with van der Waals surface area (Å²) in [6, 6.07) is 10.4. The second-order valence-electron chi connectivity index (χ2n) is 8.42. The Bertz CT molecular complexity index is 1190. The highest BCUT2D eigenvalue weighted by molar-refractivity contribution is 5.78. The lowest BCUT2D eigenvalue weighted by atomic mass is 9.94. The third-order valence-corrected chi connectivity index (χ3v) is 5.75. The van der Waals surface area contributed by atoms with Crippen molar-refractivity contribution in [3.8, 4) is 11.5 Å². The van der Waals surface area contributed by atoms with Crippen LogP contribution in [0.1, 0.15) is 34.9 Å². The van der Waals surface area contributed by atoms with Crippen molar-refractivity contribution in [3.63, 3.8) is 0 Å². The second kappa shape index (κ2) is 10.5. The van der Waals surface area contributed by atoms with E-state index in [0.717, 1.165) is 30.5 Å². The van der Waals surface area contributed by atoms with Gasteiger partial charge in [-0.05, 0) is 70.7 Å². The normalized spacial score (nSPS) is 12.1. The molecule has 0 radical (unpaired) electrons. The number of methoxy groups -OCH3 is 2. The summed E-state index contributed by atoms with van der Waals surface area (Å²) in [4.78, 5) is 29.8. The predicted molar refractivity (Wildman–Crippen MR) is 129 cm³/mol. The highest BCUT2D eigenvalue weighted by Crippen LogP contribution is 2.35. The van der Waals surface area contributed by atoms with Crippen LogP contribution in [0.3, 0.4) is 0 Å². The van der Waals surface area contributed by atoms with E-state index in [-0.39, 0.29) is 5.43 Å². The minimum Gasteiger partial charge on any atom is -0.493 e. The van der Waals surface area contributed by atoms with Crippen LogP contribution in [0.5, 0.6) is 11.5 Å². The summed E-state index contributed by atoms with van der Waals surface area (Å²) in [7, 11) is 7.10. The standard InChI is InChI=1S/C26H32N2O5/c1-17-8-10-21-20(14-17)26(30)24(18(2)33-21)25(28(16-29)13-7-12-27(3)4)19-9-11-22(31-5)23(15-19)32-6/h8-11,14-16,25H,7,12-13H2,1-6H3. The molecule has 0 N–H and O–H groups in total. The van der Waals surface area contributed by atoms with Gasteiger partial charge in [-0.2, -0.15) is 0 Å². The van der Waals surface area contributed by atoms with E-state index < -0.39 is 6.04 Å². The Balaban J connectivity index is 2.23. The second-order valence-corrected chi connectivity index (χ2v) is 8.42. The number of hydrogen-bond acceptors (Lipinski definition) is 6. The summed E-state index contributed by atoms with van der Waals surface area (Å²) >= 11 is 0. The van der Waals surface area contributed by atoms with Crippen molar-refractivity contribution in [1.82, 2.24) is 9.80 Å². The van der Waals surface area contributed by atoms with Gasteiger partial charge in [-0.25, -0.2) is 0 Å². The smallest absolute Gasteiger partial charge is 0.210 e. The molecule has 0 saturated carbocycles. The van der Waals surface area contributed by atoms with Gasteiger partial charge >= 0.3 is 0 Å². The van der Waals surface area contributed by atoms with Crippen LogP contribution in [0, 0.1) is 13.8 Å². The molecule has 1 atom stereocenters. The number of aryl methyl sites for hydroxylation is 2. The highest BCUT2D eigenvalue weighted by Gasteiger charge is 2.28. The summed E-state index contributed by atoms with van der Waals surface area (Å²) in [6.45, 7) is 4.99. The van der Waals surface area contributed by atoms with Crippen LogP contribution in [0.2, 0.25) is 0 Å². The number of nitrogens with zero attached hydrogens (tertiary/aromatic N) is 2. The van der Waals surface area contributed by atoms with Gasteiger partial charge in [-0.15, -0.1) is 0 Å². The Morgan fingerprint density at radius 2 is 1.73 bits per heavy atom. The van der Waals surface area contributed by atoms with E-state index in [1.165, 1.54) is 0 Å². The first-order valence-corrected chi connectivity index (χ1v) is 10.9. The van der Waals surface area contributed by atoms with Gasteiger partial charge in [-0.1, -0.05) is 17.7 Å². The lowest BCUT2D eigenvalue weighted by Gasteiger charge is -2.30. The fourth-order valence-electron chi connectivity index (χ4n) is 4.11. The number of benzene rings is 2. The highest BCUT2D eigenvalue weighted by atomic mass is 16.5. The minimum atomic E-state index is -0.634. The maximum absolute atomic E-state index is 13.7. The molecule has 1 aromatic heterocycles. The summed E-state index contributed by atoms with van der Waals surface area (Å²) in [5.74, 6) is 1.58. The molecule has 33 heavy (non-hydrogen) atoms. The van der Waals surface area contributed by atoms with Gasteiger partial charge in [0.15, 0.2) is 16.9 Å². The molecule has 1 amide bonds. The van der Waals surface area contributed by atoms with Crippen molar-refractivity contribution in [2.45, 2.75) is 26.3 Å². The molecule has 0 aliphatic heterocycles. The largest absolute Gasteiger partial charge is 0.493 e. The Hall–Kier alpha value is -3.32. The van der Waals surface area contributed by atoms with Crippen molar-refractivity contribution in [2.24, 2.45) is 0 Å². The van der Waals surface area contributed by atoms with Crippen molar-refractivity contribution in [3.05, 3.63) is 69.1 Å². The van der Waals surface area contributed by atoms with Crippen molar-refractivity contribution >= 4 is 17.4 Å². The minimum absolute atomic E-state index is 0.142. The van der Waals surface area contributed by atoms with E-state index in [0.29, 0.717) is 40.3 Å². The third-order valence-electron chi connectivity index (χ3n) is 5.75. The first-order valence-electron chi connectivity index (χ1n) is 10.9. The lowest BCUT2D eigenvalue weighted by Crippen LogP contribution is -2.34. The zero-order chi connectivity index (χ0) is 24.1. The van der Waals surface area contributed by atoms with Crippen LogP contribution in [0.4, 0.5) is 0 Å². The van der Waals surface area contributed by atoms with Gasteiger partial charge in [0.1, 0.15) is 11.3 Å². The van der Waals surface area contributed by atoms with E-state index in [1.807, 2.05) is 51.4 Å². The molecule has 0 bridgehead atoms. The van der Waals surface area contributed by atoms with Crippen molar-refractivity contribution in [1.29, 1.82) is 0 Å². The van der Waals surface area contributed by atoms with Crippen LogP contribution in [0.15, 0.2) is 45.6 Å². The first-order chi connectivity index (χ1) is 15.8. The molecular weight excluding hydrogens is 420 g/mol. The topological polar surface area (TPSA) is 72.2 Å². The molecule has 3 aromatic rings. The number of carbonyl (C=O) groups is 1. The summed E-state index contributed by atoms with van der Waals surface area (Å²) in [6.07, 6.45) is 1.56. The average molecular weight is 453 g/mol. The number of rotatable bonds is 10. The van der Waals surface area contributed by atoms with Crippen molar-refractivity contribution in [2.75, 3.05) is 41.4 Å². The van der Waals surface area contributed by atoms with Gasteiger partial charge < -0.3 is 23.7 Å². The fraction of sp³-hybridized carbons (Fsp3) is 0.385. The summed E-state index contributed by atoms with van der Waals surface area (Å²) in [5, 5.41) is 0.500. The van der Waals surface area contributed by atoms with Gasteiger partial charge in [0, 0.05) is 6.54 Å². The molecule has 7 nitrogen and oxygen atoms in total. The van der Waals surface area contributed by atoms with E-state index in [9.17, 15) is 9.59 Å². The Kier molecular flexibility index (Phi) is 7.76. The Labute approximate surface area is 194 Å². The molecule has 3 rings (SSSR count). The molecule has 1 heterocycles. The van der Waals surface area contributed by atoms with Crippen LogP contribution in [-0.4, -0.2) is 57.6 Å². The van der Waals surface area contributed by atoms with E-state index in [1.54, 1.807) is 32.1 Å². The number of hydrogen-bond donors (Lipinski definition) is 0. The van der Waals surface area contributed by atoms with E-state index >= 15 is 0 Å². The number of carbonyl (C=O) groups excluding carboxylic acids is 1. The maximum atomic E-state index is 13.7. The molecule has 0 spiro atoms. The molecule has 0 fully saturated rings. The lowest BCUT2D eigenvalue weighted by molar-refractivity contribution is -0.119. The quantitative estimate of drug-likeness (QED) is 0.434.